The van der Waals surface area contributed by atoms with Gasteiger partial charge in [-0.1, -0.05) is 0 Å². The Labute approximate surface area is 96.5 Å². The first-order valence-electron chi connectivity index (χ1n) is 5.44. The molecule has 0 aliphatic rings. The minimum absolute atomic E-state index is 0.159. The molecule has 4 unspecified atom stereocenters. The van der Waals surface area contributed by atoms with Crippen molar-refractivity contribution in [3.8, 4) is 0 Å². The van der Waals surface area contributed by atoms with Crippen molar-refractivity contribution in [2.75, 3.05) is 19.6 Å². The first kappa shape index (κ1) is 15.7. The van der Waals surface area contributed by atoms with E-state index in [0.717, 1.165) is 0 Å². The zero-order valence-corrected chi connectivity index (χ0v) is 9.84. The molecule has 0 amide bonds. The van der Waals surface area contributed by atoms with Crippen molar-refractivity contribution in [1.82, 2.24) is 0 Å². The Morgan fingerprint density at radius 3 is 1.25 bits per heavy atom. The third-order valence-electron chi connectivity index (χ3n) is 3.41. The van der Waals surface area contributed by atoms with Crippen LogP contribution in [0.25, 0.3) is 0 Å². The molecule has 0 fully saturated rings. The van der Waals surface area contributed by atoms with E-state index in [9.17, 15) is 5.11 Å². The van der Waals surface area contributed by atoms with E-state index in [1.165, 1.54) is 0 Å². The van der Waals surface area contributed by atoms with E-state index >= 15 is 0 Å². The van der Waals surface area contributed by atoms with Crippen molar-refractivity contribution < 1.29 is 5.11 Å². The lowest BCUT2D eigenvalue weighted by Gasteiger charge is -2.48. The normalized spacial score (nSPS) is 23.2. The maximum Gasteiger partial charge on any atom is 0.0614 e. The molecule has 0 aromatic heterocycles. The molecule has 0 rings (SSSR count). The Morgan fingerprint density at radius 1 is 0.875 bits per heavy atom. The second kappa shape index (κ2) is 6.45. The third kappa shape index (κ3) is 2.51. The molecule has 0 spiro atoms. The maximum atomic E-state index is 9.96. The number of aliphatic hydroxyl groups is 1. The molecule has 98 valence electrons. The summed E-state index contributed by atoms with van der Waals surface area (Å²) in [5.74, 6) is 0. The van der Waals surface area contributed by atoms with Crippen molar-refractivity contribution >= 4 is 0 Å². The van der Waals surface area contributed by atoms with Crippen LogP contribution >= 0.6 is 0 Å². The van der Waals surface area contributed by atoms with Crippen LogP contribution in [0.1, 0.15) is 6.92 Å². The number of aliphatic hydroxyl groups excluding tert-OH is 1. The molecule has 0 aromatic carbocycles. The average molecular weight is 234 g/mol. The molecule has 0 aromatic rings. The van der Waals surface area contributed by atoms with Crippen molar-refractivity contribution in [2.24, 2.45) is 39.8 Å². The molecule has 13 N–H and O–H groups in total. The van der Waals surface area contributed by atoms with Crippen LogP contribution in [0.3, 0.4) is 0 Å². The molecule has 7 nitrogen and oxygen atoms in total. The molecule has 0 saturated carbocycles. The number of hydrogen-bond acceptors (Lipinski definition) is 7. The molecule has 0 radical (unpaired) electrons. The summed E-state index contributed by atoms with van der Waals surface area (Å²) in [7, 11) is 0. The first-order valence-corrected chi connectivity index (χ1v) is 5.44. The van der Waals surface area contributed by atoms with Gasteiger partial charge in [0.25, 0.3) is 0 Å². The van der Waals surface area contributed by atoms with Gasteiger partial charge in [-0.15, -0.1) is 0 Å². The van der Waals surface area contributed by atoms with Crippen LogP contribution in [0, 0.1) is 5.41 Å². The average Bonchev–Trinajstić information content (AvgIpc) is 2.28. The topological polar surface area (TPSA) is 176 Å². The predicted octanol–water partition coefficient (Wildman–Crippen LogP) is -3.79. The second-order valence-electron chi connectivity index (χ2n) is 4.20. The Hall–Kier alpha value is -0.280. The minimum Gasteiger partial charge on any atom is -0.393 e. The van der Waals surface area contributed by atoms with Crippen LogP contribution < -0.4 is 34.4 Å². The van der Waals surface area contributed by atoms with Gasteiger partial charge in [0.15, 0.2) is 0 Å². The molecule has 4 atom stereocenters. The lowest BCUT2D eigenvalue weighted by molar-refractivity contribution is -0.0171. The fourth-order valence-corrected chi connectivity index (χ4v) is 2.37. The van der Waals surface area contributed by atoms with Crippen molar-refractivity contribution in [3.05, 3.63) is 0 Å². The van der Waals surface area contributed by atoms with Gasteiger partial charge < -0.3 is 39.5 Å². The maximum absolute atomic E-state index is 9.96. The molecule has 0 heterocycles. The largest absolute Gasteiger partial charge is 0.393 e. The van der Waals surface area contributed by atoms with Crippen LogP contribution in [0.4, 0.5) is 0 Å². The fraction of sp³-hybridized carbons (Fsp3) is 1.00. The van der Waals surface area contributed by atoms with Gasteiger partial charge in [-0.3, -0.25) is 0 Å². The molecular formula is C9H26N6O. The van der Waals surface area contributed by atoms with E-state index in [2.05, 4.69) is 0 Å². The second-order valence-corrected chi connectivity index (χ2v) is 4.20. The van der Waals surface area contributed by atoms with E-state index in [1.54, 1.807) is 6.92 Å². The highest BCUT2D eigenvalue weighted by Gasteiger charge is 2.49. The van der Waals surface area contributed by atoms with E-state index in [1.807, 2.05) is 0 Å². The van der Waals surface area contributed by atoms with Crippen molar-refractivity contribution in [1.29, 1.82) is 0 Å². The van der Waals surface area contributed by atoms with Crippen LogP contribution in [0.5, 0.6) is 0 Å². The fourth-order valence-electron chi connectivity index (χ4n) is 2.37. The Bertz CT molecular complexity index is 174. The van der Waals surface area contributed by atoms with E-state index < -0.39 is 29.6 Å². The minimum atomic E-state index is -0.960. The van der Waals surface area contributed by atoms with Crippen LogP contribution in [-0.2, 0) is 0 Å². The van der Waals surface area contributed by atoms with Gasteiger partial charge in [-0.2, -0.15) is 0 Å². The molecule has 7 heteroatoms. The standard InChI is InChI=1S/C9H26N6O/c1-5(16)9(6(13)2-10,7(14)3-11)8(15)4-12/h5-8,16H,2-4,10-15H2,1H3. The summed E-state index contributed by atoms with van der Waals surface area (Å²) in [4.78, 5) is 0. The summed E-state index contributed by atoms with van der Waals surface area (Å²) in [5, 5.41) is 9.96. The van der Waals surface area contributed by atoms with Gasteiger partial charge in [-0.05, 0) is 6.92 Å². The lowest BCUT2D eigenvalue weighted by atomic mass is 9.65. The smallest absolute Gasteiger partial charge is 0.0614 e. The summed E-state index contributed by atoms with van der Waals surface area (Å²) < 4.78 is 0. The quantitative estimate of drug-likeness (QED) is 0.236. The van der Waals surface area contributed by atoms with Gasteiger partial charge in [0.1, 0.15) is 0 Å². The summed E-state index contributed by atoms with van der Waals surface area (Å²) in [5.41, 5.74) is 33.5. The summed E-state index contributed by atoms with van der Waals surface area (Å²) in [6.07, 6.45) is -0.830. The SMILES string of the molecule is CC(O)C(C(N)CN)(C(N)CN)C(N)CN. The van der Waals surface area contributed by atoms with Gasteiger partial charge in [0.05, 0.1) is 6.10 Å². The first-order chi connectivity index (χ1) is 7.39. The monoisotopic (exact) mass is 234 g/mol. The highest BCUT2D eigenvalue weighted by atomic mass is 16.3. The lowest BCUT2D eigenvalue weighted by Crippen LogP contribution is -2.71. The zero-order chi connectivity index (χ0) is 12.9. The van der Waals surface area contributed by atoms with Crippen LogP contribution in [0.15, 0.2) is 0 Å². The van der Waals surface area contributed by atoms with Crippen molar-refractivity contribution in [3.63, 3.8) is 0 Å². The molecule has 0 saturated heterocycles. The summed E-state index contributed by atoms with van der Waals surface area (Å²) in [6, 6.07) is -1.65. The molecule has 0 aliphatic heterocycles. The Balaban J connectivity index is 5.38. The summed E-state index contributed by atoms with van der Waals surface area (Å²) >= 11 is 0. The van der Waals surface area contributed by atoms with Gasteiger partial charge in [-0.25, -0.2) is 0 Å². The molecule has 16 heavy (non-hydrogen) atoms. The highest BCUT2D eigenvalue weighted by Crippen LogP contribution is 2.31. The zero-order valence-electron chi connectivity index (χ0n) is 9.84. The predicted molar refractivity (Wildman–Crippen MR) is 65.2 cm³/mol. The van der Waals surface area contributed by atoms with E-state index in [-0.39, 0.29) is 19.6 Å². The molecule has 0 bridgehead atoms. The Morgan fingerprint density at radius 2 is 1.12 bits per heavy atom. The number of nitrogens with two attached hydrogens (primary N) is 6. The number of hydrogen-bond donors (Lipinski definition) is 7. The van der Waals surface area contributed by atoms with E-state index in [0.29, 0.717) is 0 Å². The third-order valence-corrected chi connectivity index (χ3v) is 3.41. The molecular weight excluding hydrogens is 208 g/mol. The molecule has 0 aliphatic carbocycles. The van der Waals surface area contributed by atoms with Crippen LogP contribution in [0.2, 0.25) is 0 Å². The number of rotatable bonds is 7. The summed E-state index contributed by atoms with van der Waals surface area (Å²) in [6.45, 7) is 2.06. The van der Waals surface area contributed by atoms with Gasteiger partial charge >= 0.3 is 0 Å². The van der Waals surface area contributed by atoms with Crippen molar-refractivity contribution in [2.45, 2.75) is 31.2 Å². The van der Waals surface area contributed by atoms with Crippen LogP contribution in [-0.4, -0.2) is 49.0 Å². The highest BCUT2D eigenvalue weighted by molar-refractivity contribution is 5.07. The van der Waals surface area contributed by atoms with Gasteiger partial charge in [0.2, 0.25) is 0 Å². The van der Waals surface area contributed by atoms with Gasteiger partial charge in [0, 0.05) is 43.2 Å². The Kier molecular flexibility index (Phi) is 6.34. The van der Waals surface area contributed by atoms with E-state index in [4.69, 9.17) is 34.4 Å².